The van der Waals surface area contributed by atoms with Gasteiger partial charge in [-0.05, 0) is 25.3 Å². The molecule has 0 aliphatic carbocycles. The normalized spacial score (nSPS) is 10.3. The highest BCUT2D eigenvalue weighted by Crippen LogP contribution is 2.28. The second kappa shape index (κ2) is 7.12. The third-order valence-electron chi connectivity index (χ3n) is 2.67. The van der Waals surface area contributed by atoms with Gasteiger partial charge in [0.2, 0.25) is 0 Å². The van der Waals surface area contributed by atoms with E-state index in [9.17, 15) is 4.39 Å². The summed E-state index contributed by atoms with van der Waals surface area (Å²) in [5.74, 6) is 1.43. The van der Waals surface area contributed by atoms with Crippen molar-refractivity contribution in [2.24, 2.45) is 0 Å². The van der Waals surface area contributed by atoms with Crippen molar-refractivity contribution >= 4 is 29.1 Å². The molecule has 1 heterocycles. The predicted octanol–water partition coefficient (Wildman–Crippen LogP) is 3.52. The van der Waals surface area contributed by atoms with Crippen molar-refractivity contribution in [3.8, 4) is 5.75 Å². The van der Waals surface area contributed by atoms with Crippen molar-refractivity contribution in [2.75, 3.05) is 30.5 Å². The van der Waals surface area contributed by atoms with Crippen LogP contribution in [0.4, 0.5) is 21.7 Å². The number of aromatic nitrogens is 2. The minimum absolute atomic E-state index is 0.349. The average Bonchev–Trinajstić information content (AvgIpc) is 2.49. The fourth-order valence-corrected chi connectivity index (χ4v) is 2.14. The van der Waals surface area contributed by atoms with Gasteiger partial charge in [0.15, 0.2) is 5.16 Å². The number of methoxy groups -OCH3 is 1. The summed E-state index contributed by atoms with van der Waals surface area (Å²) < 4.78 is 18.4. The first kappa shape index (κ1) is 15.4. The molecule has 1 aromatic heterocycles. The van der Waals surface area contributed by atoms with E-state index in [4.69, 9.17) is 4.74 Å². The van der Waals surface area contributed by atoms with E-state index < -0.39 is 0 Å². The summed E-state index contributed by atoms with van der Waals surface area (Å²) in [6.45, 7) is 2.76. The molecule has 5 nitrogen and oxygen atoms in total. The summed E-state index contributed by atoms with van der Waals surface area (Å²) in [7, 11) is 1.50. The van der Waals surface area contributed by atoms with Gasteiger partial charge in [-0.3, -0.25) is 0 Å². The van der Waals surface area contributed by atoms with Crippen molar-refractivity contribution in [3.05, 3.63) is 30.1 Å². The minimum atomic E-state index is -0.349. The van der Waals surface area contributed by atoms with Crippen LogP contribution in [0.15, 0.2) is 29.4 Å². The topological polar surface area (TPSA) is 59.1 Å². The number of rotatable bonds is 6. The number of anilines is 3. The van der Waals surface area contributed by atoms with Crippen LogP contribution in [0.25, 0.3) is 0 Å². The Morgan fingerprint density at radius 3 is 2.67 bits per heavy atom. The third kappa shape index (κ3) is 3.98. The van der Waals surface area contributed by atoms with Crippen LogP contribution >= 0.6 is 11.8 Å². The number of hydrogen-bond acceptors (Lipinski definition) is 6. The van der Waals surface area contributed by atoms with E-state index in [2.05, 4.69) is 20.6 Å². The molecule has 2 aromatic rings. The van der Waals surface area contributed by atoms with Gasteiger partial charge >= 0.3 is 0 Å². The largest absolute Gasteiger partial charge is 0.494 e. The monoisotopic (exact) mass is 308 g/mol. The first-order chi connectivity index (χ1) is 10.2. The van der Waals surface area contributed by atoms with E-state index in [-0.39, 0.29) is 5.82 Å². The van der Waals surface area contributed by atoms with Crippen molar-refractivity contribution < 1.29 is 9.13 Å². The SMILES string of the molecule is CCNc1cc(Nc2ccc(F)cc2OC)nc(SC)n1. The fraction of sp³-hybridized carbons (Fsp3) is 0.286. The van der Waals surface area contributed by atoms with E-state index in [0.29, 0.717) is 22.4 Å². The first-order valence-electron chi connectivity index (χ1n) is 6.43. The zero-order chi connectivity index (χ0) is 15.2. The lowest BCUT2D eigenvalue weighted by molar-refractivity contribution is 0.413. The lowest BCUT2D eigenvalue weighted by Gasteiger charge is -2.12. The summed E-state index contributed by atoms with van der Waals surface area (Å²) in [4.78, 5) is 8.73. The van der Waals surface area contributed by atoms with Gasteiger partial charge in [0.25, 0.3) is 0 Å². The smallest absolute Gasteiger partial charge is 0.191 e. The average molecular weight is 308 g/mol. The van der Waals surface area contributed by atoms with E-state index in [1.807, 2.05) is 13.2 Å². The second-order valence-electron chi connectivity index (χ2n) is 4.13. The highest BCUT2D eigenvalue weighted by atomic mass is 32.2. The molecule has 112 valence electrons. The van der Waals surface area contributed by atoms with Gasteiger partial charge in [0.05, 0.1) is 12.8 Å². The van der Waals surface area contributed by atoms with Gasteiger partial charge in [-0.15, -0.1) is 0 Å². The Hall–Kier alpha value is -2.02. The van der Waals surface area contributed by atoms with E-state index in [1.54, 1.807) is 12.1 Å². The van der Waals surface area contributed by atoms with Crippen molar-refractivity contribution in [1.29, 1.82) is 0 Å². The van der Waals surface area contributed by atoms with Gasteiger partial charge in [0.1, 0.15) is 23.2 Å². The predicted molar refractivity (Wildman–Crippen MR) is 84.2 cm³/mol. The van der Waals surface area contributed by atoms with Gasteiger partial charge in [-0.25, -0.2) is 14.4 Å². The van der Waals surface area contributed by atoms with Crippen molar-refractivity contribution in [1.82, 2.24) is 9.97 Å². The van der Waals surface area contributed by atoms with E-state index >= 15 is 0 Å². The highest BCUT2D eigenvalue weighted by Gasteiger charge is 2.08. The molecule has 2 rings (SSSR count). The van der Waals surface area contributed by atoms with Gasteiger partial charge in [0, 0.05) is 18.7 Å². The molecule has 2 N–H and O–H groups in total. The third-order valence-corrected chi connectivity index (χ3v) is 3.22. The molecule has 0 aliphatic heterocycles. The number of ether oxygens (including phenoxy) is 1. The molecule has 0 fully saturated rings. The molecule has 0 radical (unpaired) electrons. The minimum Gasteiger partial charge on any atom is -0.494 e. The Kier molecular flexibility index (Phi) is 5.21. The van der Waals surface area contributed by atoms with Crippen LogP contribution in [0.2, 0.25) is 0 Å². The molecular weight excluding hydrogens is 291 g/mol. The molecule has 0 bridgehead atoms. The van der Waals surface area contributed by atoms with Crippen LogP contribution in [-0.2, 0) is 0 Å². The quantitative estimate of drug-likeness (QED) is 0.629. The Bertz CT molecular complexity index is 624. The summed E-state index contributed by atoms with van der Waals surface area (Å²) in [6, 6.07) is 6.10. The Balaban J connectivity index is 2.32. The van der Waals surface area contributed by atoms with Crippen LogP contribution in [0.5, 0.6) is 5.75 Å². The molecule has 21 heavy (non-hydrogen) atoms. The van der Waals surface area contributed by atoms with Crippen molar-refractivity contribution in [2.45, 2.75) is 12.1 Å². The van der Waals surface area contributed by atoms with Crippen molar-refractivity contribution in [3.63, 3.8) is 0 Å². The molecule has 7 heteroatoms. The van der Waals surface area contributed by atoms with E-state index in [0.717, 1.165) is 12.4 Å². The number of thioether (sulfide) groups is 1. The zero-order valence-electron chi connectivity index (χ0n) is 12.1. The maximum absolute atomic E-state index is 13.2. The summed E-state index contributed by atoms with van der Waals surface area (Å²) in [5.41, 5.74) is 0.645. The number of hydrogen-bond donors (Lipinski definition) is 2. The molecule has 0 saturated heterocycles. The lowest BCUT2D eigenvalue weighted by Crippen LogP contribution is -2.04. The fourth-order valence-electron chi connectivity index (χ4n) is 1.76. The van der Waals surface area contributed by atoms with E-state index in [1.165, 1.54) is 31.0 Å². The number of benzene rings is 1. The van der Waals surface area contributed by atoms with Crippen LogP contribution in [0.3, 0.4) is 0 Å². The van der Waals surface area contributed by atoms with Crippen LogP contribution in [0.1, 0.15) is 6.92 Å². The summed E-state index contributed by atoms with van der Waals surface area (Å²) >= 11 is 1.45. The Morgan fingerprint density at radius 2 is 2.00 bits per heavy atom. The maximum atomic E-state index is 13.2. The molecule has 0 aliphatic rings. The molecule has 0 unspecified atom stereocenters. The summed E-state index contributed by atoms with van der Waals surface area (Å²) in [5, 5.41) is 6.93. The molecular formula is C14H17FN4OS. The number of nitrogens with zero attached hydrogens (tertiary/aromatic N) is 2. The molecule has 0 atom stereocenters. The van der Waals surface area contributed by atoms with Gasteiger partial charge < -0.3 is 15.4 Å². The van der Waals surface area contributed by atoms with Crippen LogP contribution in [-0.4, -0.2) is 29.9 Å². The van der Waals surface area contributed by atoms with Gasteiger partial charge in [-0.2, -0.15) is 0 Å². The molecule has 1 aromatic carbocycles. The van der Waals surface area contributed by atoms with Gasteiger partial charge in [-0.1, -0.05) is 11.8 Å². The Labute approximate surface area is 127 Å². The lowest BCUT2D eigenvalue weighted by atomic mass is 10.3. The molecule has 0 spiro atoms. The molecule has 0 saturated carbocycles. The second-order valence-corrected chi connectivity index (χ2v) is 4.90. The van der Waals surface area contributed by atoms with Crippen LogP contribution in [0, 0.1) is 5.82 Å². The van der Waals surface area contributed by atoms with Crippen LogP contribution < -0.4 is 15.4 Å². The standard InChI is InChI=1S/C14H17FN4OS/c1-4-16-12-8-13(19-14(18-12)21-3)17-10-6-5-9(15)7-11(10)20-2/h5-8H,4H2,1-3H3,(H2,16,17,18,19). The number of nitrogens with one attached hydrogen (secondary N) is 2. The zero-order valence-corrected chi connectivity index (χ0v) is 12.9. The Morgan fingerprint density at radius 1 is 1.24 bits per heavy atom. The highest BCUT2D eigenvalue weighted by molar-refractivity contribution is 7.98. The first-order valence-corrected chi connectivity index (χ1v) is 7.66. The maximum Gasteiger partial charge on any atom is 0.191 e. The summed E-state index contributed by atoms with van der Waals surface area (Å²) in [6.07, 6.45) is 1.91. The number of halogens is 1. The molecule has 0 amide bonds.